The lowest BCUT2D eigenvalue weighted by Gasteiger charge is -2.09. The molecule has 4 nitrogen and oxygen atoms in total. The van der Waals surface area contributed by atoms with E-state index in [9.17, 15) is 5.11 Å². The van der Waals surface area contributed by atoms with Crippen LogP contribution in [0.3, 0.4) is 0 Å². The summed E-state index contributed by atoms with van der Waals surface area (Å²) in [6, 6.07) is 9.90. The Balaban J connectivity index is 2.19. The van der Waals surface area contributed by atoms with Crippen molar-refractivity contribution in [1.29, 1.82) is 0 Å². The Morgan fingerprint density at radius 1 is 1.22 bits per heavy atom. The van der Waals surface area contributed by atoms with Crippen LogP contribution in [0.2, 0.25) is 0 Å². The molecule has 1 N–H and O–H groups in total. The third-order valence-electron chi connectivity index (χ3n) is 3.20. The van der Waals surface area contributed by atoms with Gasteiger partial charge in [-0.05, 0) is 35.7 Å². The Morgan fingerprint density at radius 3 is 2.94 bits per heavy atom. The van der Waals surface area contributed by atoms with Gasteiger partial charge in [0.25, 0.3) is 0 Å². The molecule has 0 unspecified atom stereocenters. The smallest absolute Gasteiger partial charge is 0.155 e. The zero-order chi connectivity index (χ0) is 12.5. The number of hydrogen-bond donors (Lipinski definition) is 1. The number of aromatic nitrogens is 3. The third kappa shape index (κ3) is 1.67. The number of aliphatic hydroxyl groups excluding tert-OH is 1. The molecule has 0 amide bonds. The van der Waals surface area contributed by atoms with Crippen molar-refractivity contribution >= 4 is 5.65 Å². The molecule has 0 aliphatic rings. The van der Waals surface area contributed by atoms with Gasteiger partial charge >= 0.3 is 0 Å². The van der Waals surface area contributed by atoms with Crippen LogP contribution in [0.15, 0.2) is 42.9 Å². The summed E-state index contributed by atoms with van der Waals surface area (Å²) in [5.74, 6) is 0. The van der Waals surface area contributed by atoms with E-state index < -0.39 is 0 Å². The number of rotatable bonds is 2. The molecule has 0 fully saturated rings. The van der Waals surface area contributed by atoms with Crippen LogP contribution in [0, 0.1) is 6.92 Å². The fourth-order valence-electron chi connectivity index (χ4n) is 2.14. The van der Waals surface area contributed by atoms with E-state index in [-0.39, 0.29) is 6.61 Å². The van der Waals surface area contributed by atoms with Gasteiger partial charge in [-0.15, -0.1) is 0 Å². The van der Waals surface area contributed by atoms with Crippen molar-refractivity contribution in [1.82, 2.24) is 14.6 Å². The van der Waals surface area contributed by atoms with E-state index in [2.05, 4.69) is 10.1 Å². The average Bonchev–Trinajstić information content (AvgIpc) is 2.86. The molecule has 18 heavy (non-hydrogen) atoms. The number of pyridine rings is 1. The Hall–Kier alpha value is -2.20. The fraction of sp³-hybridized carbons (Fsp3) is 0.143. The Morgan fingerprint density at radius 2 is 2.11 bits per heavy atom. The van der Waals surface area contributed by atoms with Crippen molar-refractivity contribution in [2.75, 3.05) is 0 Å². The van der Waals surface area contributed by atoms with Crippen molar-refractivity contribution in [2.24, 2.45) is 0 Å². The van der Waals surface area contributed by atoms with Gasteiger partial charge in [-0.3, -0.25) is 0 Å². The summed E-state index contributed by atoms with van der Waals surface area (Å²) >= 11 is 0. The minimum absolute atomic E-state index is 0.0608. The molecule has 0 saturated heterocycles. The van der Waals surface area contributed by atoms with Crippen LogP contribution in [-0.4, -0.2) is 19.7 Å². The first-order valence-corrected chi connectivity index (χ1v) is 5.78. The van der Waals surface area contributed by atoms with E-state index in [1.54, 1.807) is 4.52 Å². The molecule has 0 spiro atoms. The van der Waals surface area contributed by atoms with Gasteiger partial charge in [0.15, 0.2) is 5.65 Å². The largest absolute Gasteiger partial charge is 0.392 e. The van der Waals surface area contributed by atoms with Crippen LogP contribution >= 0.6 is 0 Å². The molecule has 3 rings (SSSR count). The first kappa shape index (κ1) is 10.9. The summed E-state index contributed by atoms with van der Waals surface area (Å²) in [5.41, 5.74) is 5.06. The second-order valence-corrected chi connectivity index (χ2v) is 4.23. The first-order chi connectivity index (χ1) is 8.79. The lowest BCUT2D eigenvalue weighted by molar-refractivity contribution is 0.281. The molecule has 0 radical (unpaired) electrons. The predicted molar refractivity (Wildman–Crippen MR) is 69.1 cm³/mol. The fourth-order valence-corrected chi connectivity index (χ4v) is 2.14. The highest BCUT2D eigenvalue weighted by Gasteiger charge is 2.06. The van der Waals surface area contributed by atoms with Gasteiger partial charge in [0.05, 0.1) is 6.61 Å². The molecule has 2 heterocycles. The van der Waals surface area contributed by atoms with Crippen molar-refractivity contribution in [3.63, 3.8) is 0 Å². The highest BCUT2D eigenvalue weighted by molar-refractivity contribution is 5.69. The molecule has 3 aromatic rings. The van der Waals surface area contributed by atoms with Crippen molar-refractivity contribution < 1.29 is 5.11 Å². The molecule has 0 bridgehead atoms. The van der Waals surface area contributed by atoms with Gasteiger partial charge in [-0.2, -0.15) is 5.10 Å². The van der Waals surface area contributed by atoms with E-state index in [0.29, 0.717) is 0 Å². The standard InChI is InChI=1S/C14H13N3O/c1-10-12(8-18)3-2-4-13(10)11-5-6-14-15-9-16-17(14)7-11/h2-7,9,18H,8H2,1H3. The Labute approximate surface area is 105 Å². The molecule has 90 valence electrons. The van der Waals surface area contributed by atoms with Gasteiger partial charge in [-0.1, -0.05) is 18.2 Å². The number of nitrogens with zero attached hydrogens (tertiary/aromatic N) is 3. The van der Waals surface area contributed by atoms with E-state index in [1.165, 1.54) is 6.33 Å². The van der Waals surface area contributed by atoms with E-state index in [0.717, 1.165) is 27.9 Å². The van der Waals surface area contributed by atoms with E-state index >= 15 is 0 Å². The first-order valence-electron chi connectivity index (χ1n) is 5.78. The highest BCUT2D eigenvalue weighted by atomic mass is 16.3. The van der Waals surface area contributed by atoms with Gasteiger partial charge in [0.1, 0.15) is 6.33 Å². The highest BCUT2D eigenvalue weighted by Crippen LogP contribution is 2.25. The summed E-state index contributed by atoms with van der Waals surface area (Å²) in [7, 11) is 0. The quantitative estimate of drug-likeness (QED) is 0.745. The lowest BCUT2D eigenvalue weighted by atomic mass is 9.98. The van der Waals surface area contributed by atoms with Gasteiger partial charge in [0.2, 0.25) is 0 Å². The third-order valence-corrected chi connectivity index (χ3v) is 3.20. The van der Waals surface area contributed by atoms with Crippen LogP contribution in [-0.2, 0) is 6.61 Å². The van der Waals surface area contributed by atoms with Crippen molar-refractivity contribution in [3.05, 3.63) is 54.0 Å². The maximum atomic E-state index is 9.30. The molecular formula is C14H13N3O. The van der Waals surface area contributed by atoms with Gasteiger partial charge in [-0.25, -0.2) is 9.50 Å². The van der Waals surface area contributed by atoms with Crippen LogP contribution in [0.4, 0.5) is 0 Å². The second kappa shape index (κ2) is 4.23. The number of aliphatic hydroxyl groups is 1. The summed E-state index contributed by atoms with van der Waals surface area (Å²) in [4.78, 5) is 4.12. The molecule has 2 aromatic heterocycles. The van der Waals surface area contributed by atoms with E-state index in [4.69, 9.17) is 0 Å². The summed E-state index contributed by atoms with van der Waals surface area (Å²) in [6.07, 6.45) is 3.49. The summed E-state index contributed by atoms with van der Waals surface area (Å²) in [6.45, 7) is 2.08. The molecular weight excluding hydrogens is 226 g/mol. The summed E-state index contributed by atoms with van der Waals surface area (Å²) < 4.78 is 1.75. The molecule has 1 aromatic carbocycles. The number of benzene rings is 1. The minimum Gasteiger partial charge on any atom is -0.392 e. The maximum Gasteiger partial charge on any atom is 0.155 e. The monoisotopic (exact) mass is 239 g/mol. The van der Waals surface area contributed by atoms with Crippen LogP contribution in [0.1, 0.15) is 11.1 Å². The zero-order valence-electron chi connectivity index (χ0n) is 10.0. The van der Waals surface area contributed by atoms with Crippen LogP contribution < -0.4 is 0 Å². The topological polar surface area (TPSA) is 50.4 Å². The Bertz CT molecular complexity index is 703. The molecule has 0 atom stereocenters. The molecule has 4 heteroatoms. The number of hydrogen-bond acceptors (Lipinski definition) is 3. The predicted octanol–water partition coefficient (Wildman–Crippen LogP) is 2.20. The lowest BCUT2D eigenvalue weighted by Crippen LogP contribution is -1.94. The molecule has 0 aliphatic carbocycles. The van der Waals surface area contributed by atoms with E-state index in [1.807, 2.05) is 43.5 Å². The Kier molecular flexibility index (Phi) is 2.57. The van der Waals surface area contributed by atoms with Crippen molar-refractivity contribution in [2.45, 2.75) is 13.5 Å². The van der Waals surface area contributed by atoms with Crippen LogP contribution in [0.5, 0.6) is 0 Å². The van der Waals surface area contributed by atoms with Crippen molar-refractivity contribution in [3.8, 4) is 11.1 Å². The van der Waals surface area contributed by atoms with Crippen LogP contribution in [0.25, 0.3) is 16.8 Å². The second-order valence-electron chi connectivity index (χ2n) is 4.23. The number of fused-ring (bicyclic) bond motifs is 1. The SMILES string of the molecule is Cc1c(CO)cccc1-c1ccc2ncnn2c1. The van der Waals surface area contributed by atoms with Gasteiger partial charge < -0.3 is 5.11 Å². The maximum absolute atomic E-state index is 9.30. The molecule has 0 saturated carbocycles. The van der Waals surface area contributed by atoms with Gasteiger partial charge in [0, 0.05) is 11.8 Å². The molecule has 0 aliphatic heterocycles. The normalized spacial score (nSPS) is 11.0. The zero-order valence-corrected chi connectivity index (χ0v) is 10.0. The summed E-state index contributed by atoms with van der Waals surface area (Å²) in [5, 5.41) is 13.4. The minimum atomic E-state index is 0.0608. The average molecular weight is 239 g/mol.